The summed E-state index contributed by atoms with van der Waals surface area (Å²) in [6.07, 6.45) is 0. The van der Waals surface area contributed by atoms with Gasteiger partial charge in [-0.3, -0.25) is 14.6 Å². The van der Waals surface area contributed by atoms with Crippen LogP contribution >= 0.6 is 0 Å². The molecule has 0 aliphatic heterocycles. The fourth-order valence-corrected chi connectivity index (χ4v) is 2.96. The molecule has 31 heavy (non-hydrogen) atoms. The van der Waals surface area contributed by atoms with Crippen LogP contribution in [-0.2, 0) is 5.41 Å². The molecular formula is C22H22N6O3. The lowest BCUT2D eigenvalue weighted by atomic mass is 9.92. The van der Waals surface area contributed by atoms with Crippen LogP contribution < -0.4 is 10.9 Å². The second kappa shape index (κ2) is 7.67. The third-order valence-electron chi connectivity index (χ3n) is 4.58. The van der Waals surface area contributed by atoms with Crippen LogP contribution in [0.5, 0.6) is 0 Å². The van der Waals surface area contributed by atoms with Crippen molar-refractivity contribution in [2.45, 2.75) is 33.1 Å². The first-order valence-electron chi connectivity index (χ1n) is 9.73. The van der Waals surface area contributed by atoms with E-state index in [1.165, 1.54) is 10.7 Å². The van der Waals surface area contributed by atoms with Crippen molar-refractivity contribution in [3.63, 3.8) is 0 Å². The Balaban J connectivity index is 1.69. The number of nitrogens with zero attached hydrogens (tertiary/aromatic N) is 4. The summed E-state index contributed by atoms with van der Waals surface area (Å²) in [6, 6.07) is 14.1. The van der Waals surface area contributed by atoms with Crippen molar-refractivity contribution in [3.8, 4) is 17.3 Å². The normalized spacial score (nSPS) is 11.5. The van der Waals surface area contributed by atoms with Crippen molar-refractivity contribution in [1.82, 2.24) is 24.9 Å². The molecule has 3 heterocycles. The molecule has 0 saturated carbocycles. The van der Waals surface area contributed by atoms with E-state index in [4.69, 9.17) is 4.52 Å². The zero-order chi connectivity index (χ0) is 22.2. The summed E-state index contributed by atoms with van der Waals surface area (Å²) >= 11 is 0. The lowest BCUT2D eigenvalue weighted by molar-refractivity contribution is 0.101. The highest BCUT2D eigenvalue weighted by atomic mass is 16.5. The number of benzene rings is 1. The highest BCUT2D eigenvalue weighted by Crippen LogP contribution is 2.26. The molecule has 9 heteroatoms. The van der Waals surface area contributed by atoms with E-state index in [1.807, 2.05) is 51.1 Å². The third kappa shape index (κ3) is 4.30. The van der Waals surface area contributed by atoms with E-state index < -0.39 is 5.91 Å². The number of anilines is 1. The first-order chi connectivity index (χ1) is 14.7. The average Bonchev–Trinajstić information content (AvgIpc) is 3.35. The fourth-order valence-electron chi connectivity index (χ4n) is 2.96. The first-order valence-corrected chi connectivity index (χ1v) is 9.73. The van der Waals surface area contributed by atoms with Crippen molar-refractivity contribution < 1.29 is 9.32 Å². The molecule has 2 N–H and O–H groups in total. The zero-order valence-electron chi connectivity index (χ0n) is 17.6. The maximum absolute atomic E-state index is 12.9. The van der Waals surface area contributed by atoms with Gasteiger partial charge in [0.05, 0.1) is 5.69 Å². The number of amides is 1. The molecule has 158 valence electrons. The van der Waals surface area contributed by atoms with E-state index in [-0.39, 0.29) is 22.6 Å². The number of H-pyrrole nitrogens is 1. The summed E-state index contributed by atoms with van der Waals surface area (Å²) < 4.78 is 6.73. The molecule has 0 fully saturated rings. The molecule has 0 spiro atoms. The van der Waals surface area contributed by atoms with Crippen molar-refractivity contribution in [2.75, 3.05) is 5.32 Å². The summed E-state index contributed by atoms with van der Waals surface area (Å²) in [5, 5.41) is 11.2. The van der Waals surface area contributed by atoms with Gasteiger partial charge in [-0.2, -0.15) is 9.78 Å². The van der Waals surface area contributed by atoms with Crippen LogP contribution in [0.25, 0.3) is 17.3 Å². The van der Waals surface area contributed by atoms with Crippen LogP contribution in [0, 0.1) is 6.92 Å². The summed E-state index contributed by atoms with van der Waals surface area (Å²) in [5.74, 6) is 0.579. The van der Waals surface area contributed by atoms with E-state index in [2.05, 4.69) is 25.5 Å². The fraction of sp³-hybridized carbons (Fsp3) is 0.227. The molecule has 0 unspecified atom stereocenters. The summed E-state index contributed by atoms with van der Waals surface area (Å²) in [5.41, 5.74) is 1.59. The molecule has 0 aliphatic carbocycles. The van der Waals surface area contributed by atoms with Gasteiger partial charge in [-0.25, -0.2) is 4.98 Å². The smallest absolute Gasteiger partial charge is 0.279 e. The Labute approximate surface area is 178 Å². The number of rotatable bonds is 4. The summed E-state index contributed by atoms with van der Waals surface area (Å²) in [4.78, 5) is 31.8. The van der Waals surface area contributed by atoms with Crippen LogP contribution in [0.2, 0.25) is 0 Å². The number of hydrogen-bond donors (Lipinski definition) is 2. The van der Waals surface area contributed by atoms with E-state index in [0.717, 1.165) is 11.3 Å². The van der Waals surface area contributed by atoms with E-state index in [9.17, 15) is 9.59 Å². The van der Waals surface area contributed by atoms with Crippen molar-refractivity contribution in [2.24, 2.45) is 0 Å². The van der Waals surface area contributed by atoms with Crippen LogP contribution in [0.15, 0.2) is 57.8 Å². The Morgan fingerprint density at radius 3 is 2.55 bits per heavy atom. The maximum atomic E-state index is 12.9. The zero-order valence-corrected chi connectivity index (χ0v) is 17.6. The van der Waals surface area contributed by atoms with E-state index in [0.29, 0.717) is 17.3 Å². The maximum Gasteiger partial charge on any atom is 0.279 e. The lowest BCUT2D eigenvalue weighted by Gasteiger charge is -2.13. The quantitative estimate of drug-likeness (QED) is 0.524. The third-order valence-corrected chi connectivity index (χ3v) is 4.58. The monoisotopic (exact) mass is 418 g/mol. The molecule has 0 saturated heterocycles. The van der Waals surface area contributed by atoms with Crippen LogP contribution in [0.1, 0.15) is 42.6 Å². The summed E-state index contributed by atoms with van der Waals surface area (Å²) in [7, 11) is 0. The lowest BCUT2D eigenvalue weighted by Crippen LogP contribution is -2.19. The summed E-state index contributed by atoms with van der Waals surface area (Å²) in [6.45, 7) is 7.72. The van der Waals surface area contributed by atoms with Crippen LogP contribution in [0.4, 0.5) is 5.82 Å². The molecule has 0 radical (unpaired) electrons. The predicted molar refractivity (Wildman–Crippen MR) is 115 cm³/mol. The van der Waals surface area contributed by atoms with Crippen molar-refractivity contribution in [1.29, 1.82) is 0 Å². The Morgan fingerprint density at radius 2 is 1.87 bits per heavy atom. The van der Waals surface area contributed by atoms with Gasteiger partial charge in [0.1, 0.15) is 5.82 Å². The highest BCUT2D eigenvalue weighted by Gasteiger charge is 2.23. The van der Waals surface area contributed by atoms with Gasteiger partial charge in [-0.05, 0) is 6.92 Å². The van der Waals surface area contributed by atoms with Gasteiger partial charge in [-0.15, -0.1) is 0 Å². The minimum absolute atomic E-state index is 0.120. The Morgan fingerprint density at radius 1 is 1.13 bits per heavy atom. The largest absolute Gasteiger partial charge is 0.355 e. The first kappa shape index (κ1) is 20.3. The van der Waals surface area contributed by atoms with Gasteiger partial charge in [0.15, 0.2) is 11.5 Å². The predicted octanol–water partition coefficient (Wildman–Crippen LogP) is 3.47. The van der Waals surface area contributed by atoms with Gasteiger partial charge in [0.25, 0.3) is 11.5 Å². The molecule has 4 aromatic rings. The number of nitrogens with one attached hydrogen (secondary N) is 2. The van der Waals surface area contributed by atoms with Crippen molar-refractivity contribution >= 4 is 11.7 Å². The second-order valence-corrected chi connectivity index (χ2v) is 8.18. The molecule has 9 nitrogen and oxygen atoms in total. The number of carbonyl (C=O) groups excluding carboxylic acids is 1. The molecule has 4 rings (SSSR count). The minimum atomic E-state index is -0.470. The molecule has 3 aromatic heterocycles. The molecule has 0 bridgehead atoms. The SMILES string of the molecule is Cc1cc(=O)[nH]c(-n2nc(C(C)(C)C)cc2NC(=O)c2cc(-c3ccccc3)on2)n1. The van der Waals surface area contributed by atoms with Gasteiger partial charge >= 0.3 is 0 Å². The van der Waals surface area contributed by atoms with Crippen molar-refractivity contribution in [3.05, 3.63) is 76.0 Å². The van der Waals surface area contributed by atoms with Gasteiger partial charge in [0, 0.05) is 34.9 Å². The Hall–Kier alpha value is -4.01. The molecule has 1 amide bonds. The number of aromatic amines is 1. The molecule has 1 aromatic carbocycles. The van der Waals surface area contributed by atoms with Gasteiger partial charge in [0.2, 0.25) is 5.95 Å². The molecule has 0 aliphatic rings. The minimum Gasteiger partial charge on any atom is -0.355 e. The van der Waals surface area contributed by atoms with Crippen LogP contribution in [-0.4, -0.2) is 30.8 Å². The highest BCUT2D eigenvalue weighted by molar-refractivity contribution is 6.03. The number of hydrogen-bond acceptors (Lipinski definition) is 6. The Bertz CT molecular complexity index is 1290. The molecular weight excluding hydrogens is 396 g/mol. The van der Waals surface area contributed by atoms with Gasteiger partial charge < -0.3 is 9.84 Å². The molecule has 0 atom stereocenters. The average molecular weight is 418 g/mol. The number of aryl methyl sites for hydroxylation is 1. The number of aromatic nitrogens is 5. The van der Waals surface area contributed by atoms with Gasteiger partial charge in [-0.1, -0.05) is 56.3 Å². The Kier molecular flexibility index (Phi) is 5.02. The topological polar surface area (TPSA) is 119 Å². The van der Waals surface area contributed by atoms with E-state index >= 15 is 0 Å². The second-order valence-electron chi connectivity index (χ2n) is 8.18. The number of carbonyl (C=O) groups is 1. The van der Waals surface area contributed by atoms with Crippen LogP contribution in [0.3, 0.4) is 0 Å². The van der Waals surface area contributed by atoms with E-state index in [1.54, 1.807) is 19.1 Å². The standard InChI is InChI=1S/C22H22N6O3/c1-13-10-19(29)25-21(23-13)28-18(12-17(26-28)22(2,3)4)24-20(30)15-11-16(31-27-15)14-8-6-5-7-9-14/h5-12H,1-4H3,(H,24,30)(H,23,25,29).